The van der Waals surface area contributed by atoms with E-state index >= 15 is 0 Å². The van der Waals surface area contributed by atoms with Crippen molar-refractivity contribution in [2.75, 3.05) is 19.1 Å². The molecule has 0 spiro atoms. The van der Waals surface area contributed by atoms with Crippen LogP contribution in [0.3, 0.4) is 0 Å². The van der Waals surface area contributed by atoms with Gasteiger partial charge in [-0.3, -0.25) is 15.5 Å². The maximum Gasteiger partial charge on any atom is 0.313 e. The Hall–Kier alpha value is -2.69. The molecule has 0 aliphatic rings. The van der Waals surface area contributed by atoms with Gasteiger partial charge in [0.15, 0.2) is 11.5 Å². The minimum atomic E-state index is -0.525. The van der Waals surface area contributed by atoms with Gasteiger partial charge in [0, 0.05) is 12.3 Å². The summed E-state index contributed by atoms with van der Waals surface area (Å²) in [6.45, 7) is 3.98. The minimum Gasteiger partial charge on any atom is -0.493 e. The largest absolute Gasteiger partial charge is 0.493 e. The summed E-state index contributed by atoms with van der Waals surface area (Å²) in [6.07, 6.45) is 4.61. The Morgan fingerprint density at radius 1 is 1.52 bits per heavy atom. The van der Waals surface area contributed by atoms with Crippen molar-refractivity contribution in [3.05, 3.63) is 62.4 Å². The molecule has 1 aromatic heterocycles. The molecule has 0 bridgehead atoms. The number of hydrogen-bond acceptors (Lipinski definition) is 7. The molecule has 130 valence electrons. The summed E-state index contributed by atoms with van der Waals surface area (Å²) in [4.78, 5) is 14.3. The maximum atomic E-state index is 10.9. The van der Waals surface area contributed by atoms with Crippen molar-refractivity contribution in [3.8, 4) is 11.5 Å². The molecule has 0 saturated carbocycles. The van der Waals surface area contributed by atoms with E-state index < -0.39 is 4.92 Å². The van der Waals surface area contributed by atoms with E-state index in [1.165, 1.54) is 24.5 Å². The van der Waals surface area contributed by atoms with E-state index in [-0.39, 0.29) is 11.5 Å². The standard InChI is InChI=1S/C16H15IN4O4/c1-3-7-25-15-12(17)8-11(9-14(15)24-2)10-19-20-16-13(21(22)23)5-4-6-18-16/h3-6,8-10H,1,7H2,2H3,(H,18,20)/b19-10+. The summed E-state index contributed by atoms with van der Waals surface area (Å²) >= 11 is 2.13. The van der Waals surface area contributed by atoms with Crippen LogP contribution in [0.5, 0.6) is 11.5 Å². The summed E-state index contributed by atoms with van der Waals surface area (Å²) in [7, 11) is 1.54. The average Bonchev–Trinajstić information content (AvgIpc) is 2.60. The van der Waals surface area contributed by atoms with Gasteiger partial charge in [0.05, 0.1) is 21.8 Å². The van der Waals surface area contributed by atoms with Crippen molar-refractivity contribution < 1.29 is 14.4 Å². The highest BCUT2D eigenvalue weighted by molar-refractivity contribution is 14.1. The molecule has 8 nitrogen and oxygen atoms in total. The number of nitro groups is 1. The molecule has 9 heteroatoms. The van der Waals surface area contributed by atoms with E-state index in [1.807, 2.05) is 6.07 Å². The Bertz CT molecular complexity index is 811. The fourth-order valence-corrected chi connectivity index (χ4v) is 2.68. The van der Waals surface area contributed by atoms with Gasteiger partial charge in [-0.1, -0.05) is 12.7 Å². The van der Waals surface area contributed by atoms with Gasteiger partial charge in [0.25, 0.3) is 0 Å². The van der Waals surface area contributed by atoms with Crippen LogP contribution in [0.4, 0.5) is 11.5 Å². The average molecular weight is 454 g/mol. The molecule has 25 heavy (non-hydrogen) atoms. The first-order chi connectivity index (χ1) is 12.1. The number of methoxy groups -OCH3 is 1. The van der Waals surface area contributed by atoms with Gasteiger partial charge in [-0.25, -0.2) is 4.98 Å². The zero-order chi connectivity index (χ0) is 18.2. The predicted molar refractivity (Wildman–Crippen MR) is 104 cm³/mol. The molecule has 0 fully saturated rings. The number of halogens is 1. The summed E-state index contributed by atoms with van der Waals surface area (Å²) < 4.78 is 11.8. The van der Waals surface area contributed by atoms with Crippen molar-refractivity contribution in [2.45, 2.75) is 0 Å². The number of aromatic nitrogens is 1. The first kappa shape index (κ1) is 18.6. The van der Waals surface area contributed by atoms with Gasteiger partial charge in [-0.15, -0.1) is 0 Å². The summed E-state index contributed by atoms with van der Waals surface area (Å²) in [5, 5.41) is 14.9. The summed E-state index contributed by atoms with van der Waals surface area (Å²) in [5.41, 5.74) is 3.16. The van der Waals surface area contributed by atoms with Gasteiger partial charge >= 0.3 is 5.69 Å². The van der Waals surface area contributed by atoms with Crippen molar-refractivity contribution in [2.24, 2.45) is 5.10 Å². The van der Waals surface area contributed by atoms with Crippen LogP contribution in [0.25, 0.3) is 0 Å². The fourth-order valence-electron chi connectivity index (χ4n) is 1.89. The monoisotopic (exact) mass is 454 g/mol. The lowest BCUT2D eigenvalue weighted by molar-refractivity contribution is -0.384. The Balaban J connectivity index is 2.20. The van der Waals surface area contributed by atoms with E-state index in [9.17, 15) is 10.1 Å². The van der Waals surface area contributed by atoms with Crippen LogP contribution in [0.1, 0.15) is 5.56 Å². The van der Waals surface area contributed by atoms with Gasteiger partial charge in [0.2, 0.25) is 5.82 Å². The van der Waals surface area contributed by atoms with Gasteiger partial charge in [-0.05, 0) is 46.4 Å². The van der Waals surface area contributed by atoms with Crippen LogP contribution < -0.4 is 14.9 Å². The van der Waals surface area contributed by atoms with E-state index in [4.69, 9.17) is 9.47 Å². The third-order valence-corrected chi connectivity index (χ3v) is 3.77. The second-order valence-corrected chi connectivity index (χ2v) is 5.79. The van der Waals surface area contributed by atoms with E-state index in [0.717, 1.165) is 9.13 Å². The first-order valence-electron chi connectivity index (χ1n) is 7.06. The molecule has 2 rings (SSSR count). The number of benzene rings is 1. The normalized spacial score (nSPS) is 10.5. The molecule has 0 atom stereocenters. The van der Waals surface area contributed by atoms with Crippen molar-refractivity contribution >= 4 is 40.3 Å². The van der Waals surface area contributed by atoms with Crippen molar-refractivity contribution in [1.82, 2.24) is 4.98 Å². The lowest BCUT2D eigenvalue weighted by Crippen LogP contribution is -2.01. The maximum absolute atomic E-state index is 10.9. The molecular formula is C16H15IN4O4. The van der Waals surface area contributed by atoms with Crippen LogP contribution in [-0.2, 0) is 0 Å². The second-order valence-electron chi connectivity index (χ2n) is 4.63. The number of nitrogens with one attached hydrogen (secondary N) is 1. The summed E-state index contributed by atoms with van der Waals surface area (Å²) in [6, 6.07) is 6.43. The molecule has 0 amide bonds. The number of ether oxygens (including phenoxy) is 2. The zero-order valence-corrected chi connectivity index (χ0v) is 15.5. The molecule has 1 aromatic carbocycles. The molecule has 0 aliphatic carbocycles. The molecule has 1 heterocycles. The third-order valence-electron chi connectivity index (χ3n) is 2.96. The van der Waals surface area contributed by atoms with Crippen molar-refractivity contribution in [1.29, 1.82) is 0 Å². The van der Waals surface area contributed by atoms with Gasteiger partial charge in [0.1, 0.15) is 6.61 Å². The second kappa shape index (κ2) is 8.97. The van der Waals surface area contributed by atoms with E-state index in [1.54, 1.807) is 19.3 Å². The Kier molecular flexibility index (Phi) is 6.69. The number of anilines is 1. The number of nitrogens with zero attached hydrogens (tertiary/aromatic N) is 3. The summed E-state index contributed by atoms with van der Waals surface area (Å²) in [5.74, 6) is 1.24. The molecular weight excluding hydrogens is 439 g/mol. The SMILES string of the molecule is C=CCOc1c(I)cc(/C=N/Nc2ncccc2[N+](=O)[O-])cc1OC. The van der Waals surface area contributed by atoms with Gasteiger partial charge in [-0.2, -0.15) is 5.10 Å². The van der Waals surface area contributed by atoms with E-state index in [2.05, 4.69) is 44.7 Å². The molecule has 0 radical (unpaired) electrons. The Morgan fingerprint density at radius 2 is 2.32 bits per heavy atom. The topological polar surface area (TPSA) is 98.9 Å². The number of hydrazone groups is 1. The number of pyridine rings is 1. The Labute approximate surface area is 157 Å². The van der Waals surface area contributed by atoms with Crippen LogP contribution in [-0.4, -0.2) is 29.8 Å². The quantitative estimate of drug-likeness (QED) is 0.215. The van der Waals surface area contributed by atoms with Gasteiger partial charge < -0.3 is 9.47 Å². The van der Waals surface area contributed by atoms with Crippen molar-refractivity contribution in [3.63, 3.8) is 0 Å². The molecule has 2 aromatic rings. The smallest absolute Gasteiger partial charge is 0.313 e. The van der Waals surface area contributed by atoms with Crippen LogP contribution in [0.15, 0.2) is 48.2 Å². The molecule has 1 N–H and O–H groups in total. The van der Waals surface area contributed by atoms with Crippen LogP contribution in [0, 0.1) is 13.7 Å². The number of rotatable bonds is 8. The van der Waals surface area contributed by atoms with Crippen LogP contribution in [0.2, 0.25) is 0 Å². The molecule has 0 unspecified atom stereocenters. The predicted octanol–water partition coefficient (Wildman–Crippen LogP) is 3.61. The number of hydrogen-bond donors (Lipinski definition) is 1. The third kappa shape index (κ3) is 4.89. The lowest BCUT2D eigenvalue weighted by atomic mass is 10.2. The highest BCUT2D eigenvalue weighted by Crippen LogP contribution is 2.33. The zero-order valence-electron chi connectivity index (χ0n) is 13.3. The fraction of sp³-hybridized carbons (Fsp3) is 0.125. The Morgan fingerprint density at radius 3 is 3.00 bits per heavy atom. The first-order valence-corrected chi connectivity index (χ1v) is 8.14. The molecule has 0 saturated heterocycles. The lowest BCUT2D eigenvalue weighted by Gasteiger charge is -2.12. The van der Waals surface area contributed by atoms with E-state index in [0.29, 0.717) is 18.1 Å². The highest BCUT2D eigenvalue weighted by atomic mass is 127. The minimum absolute atomic E-state index is 0.0661. The van der Waals surface area contributed by atoms with Crippen LogP contribution >= 0.6 is 22.6 Å². The molecule has 0 aliphatic heterocycles. The highest BCUT2D eigenvalue weighted by Gasteiger charge is 2.13.